The SMILES string of the molecule is CCN(Cc1nc(-c2ccccc2OC(F)F)no1)c1ccccc1C. The van der Waals surface area contributed by atoms with E-state index in [2.05, 4.69) is 19.8 Å². The summed E-state index contributed by atoms with van der Waals surface area (Å²) in [6.45, 7) is 2.34. The van der Waals surface area contributed by atoms with Crippen LogP contribution in [0.4, 0.5) is 14.5 Å². The number of halogens is 2. The molecule has 2 aromatic carbocycles. The lowest BCUT2D eigenvalue weighted by atomic mass is 10.2. The molecule has 0 aliphatic heterocycles. The number of para-hydroxylation sites is 2. The Morgan fingerprint density at radius 2 is 1.85 bits per heavy atom. The molecule has 3 rings (SSSR count). The number of rotatable bonds is 7. The van der Waals surface area contributed by atoms with Gasteiger partial charge >= 0.3 is 6.61 Å². The minimum atomic E-state index is -2.92. The highest BCUT2D eigenvalue weighted by Gasteiger charge is 2.17. The van der Waals surface area contributed by atoms with E-state index in [9.17, 15) is 8.78 Å². The third-order valence-electron chi connectivity index (χ3n) is 3.98. The molecule has 0 aliphatic rings. The first-order chi connectivity index (χ1) is 12.6. The maximum atomic E-state index is 12.6. The molecule has 26 heavy (non-hydrogen) atoms. The van der Waals surface area contributed by atoms with Gasteiger partial charge in [-0.25, -0.2) is 0 Å². The van der Waals surface area contributed by atoms with Gasteiger partial charge in [0, 0.05) is 12.2 Å². The predicted molar refractivity (Wildman–Crippen MR) is 94.3 cm³/mol. The predicted octanol–water partition coefficient (Wildman–Crippen LogP) is 4.67. The average Bonchev–Trinajstić information content (AvgIpc) is 3.09. The van der Waals surface area contributed by atoms with Crippen molar-refractivity contribution in [1.82, 2.24) is 10.1 Å². The first-order valence-corrected chi connectivity index (χ1v) is 8.26. The molecule has 0 fully saturated rings. The monoisotopic (exact) mass is 359 g/mol. The Kier molecular flexibility index (Phi) is 5.46. The molecule has 3 aromatic rings. The molecule has 0 bridgehead atoms. The summed E-state index contributed by atoms with van der Waals surface area (Å²) in [5, 5.41) is 3.92. The summed E-state index contributed by atoms with van der Waals surface area (Å²) in [5.41, 5.74) is 2.59. The number of nitrogens with zero attached hydrogens (tertiary/aromatic N) is 3. The van der Waals surface area contributed by atoms with Crippen molar-refractivity contribution >= 4 is 5.69 Å². The first kappa shape index (κ1) is 17.8. The Morgan fingerprint density at radius 3 is 2.58 bits per heavy atom. The molecular formula is C19H19F2N3O2. The highest BCUT2D eigenvalue weighted by molar-refractivity contribution is 5.63. The molecule has 5 nitrogen and oxygen atoms in total. The average molecular weight is 359 g/mol. The van der Waals surface area contributed by atoms with Crippen LogP contribution in [0.1, 0.15) is 18.4 Å². The molecular weight excluding hydrogens is 340 g/mol. The third kappa shape index (κ3) is 3.99. The summed E-state index contributed by atoms with van der Waals surface area (Å²) in [6.07, 6.45) is 0. The van der Waals surface area contributed by atoms with E-state index in [1.54, 1.807) is 18.2 Å². The van der Waals surface area contributed by atoms with Crippen LogP contribution in [0.3, 0.4) is 0 Å². The number of benzene rings is 2. The molecule has 7 heteroatoms. The van der Waals surface area contributed by atoms with E-state index in [0.29, 0.717) is 18.0 Å². The second-order valence-corrected chi connectivity index (χ2v) is 5.69. The summed E-state index contributed by atoms with van der Waals surface area (Å²) in [7, 11) is 0. The van der Waals surface area contributed by atoms with Crippen molar-refractivity contribution in [3.8, 4) is 17.1 Å². The summed E-state index contributed by atoms with van der Waals surface area (Å²) in [5.74, 6) is 0.634. The number of alkyl halides is 2. The van der Waals surface area contributed by atoms with Crippen LogP contribution >= 0.6 is 0 Å². The molecule has 0 saturated carbocycles. The van der Waals surface area contributed by atoms with Gasteiger partial charge in [-0.2, -0.15) is 13.8 Å². The van der Waals surface area contributed by atoms with Gasteiger partial charge < -0.3 is 14.2 Å². The maximum absolute atomic E-state index is 12.6. The van der Waals surface area contributed by atoms with Gasteiger partial charge in [0.2, 0.25) is 11.7 Å². The lowest BCUT2D eigenvalue weighted by molar-refractivity contribution is -0.0494. The van der Waals surface area contributed by atoms with Crippen LogP contribution in [0.5, 0.6) is 5.75 Å². The van der Waals surface area contributed by atoms with E-state index in [4.69, 9.17) is 4.52 Å². The molecule has 0 radical (unpaired) electrons. The quantitative estimate of drug-likeness (QED) is 0.613. The van der Waals surface area contributed by atoms with Gasteiger partial charge in [0.25, 0.3) is 0 Å². The van der Waals surface area contributed by atoms with Crippen LogP contribution in [-0.2, 0) is 6.54 Å². The minimum absolute atomic E-state index is 0.0149. The zero-order chi connectivity index (χ0) is 18.5. The van der Waals surface area contributed by atoms with E-state index in [1.807, 2.05) is 38.1 Å². The largest absolute Gasteiger partial charge is 0.434 e. The fourth-order valence-corrected chi connectivity index (χ4v) is 2.73. The topological polar surface area (TPSA) is 51.4 Å². The van der Waals surface area contributed by atoms with Gasteiger partial charge in [-0.05, 0) is 37.6 Å². The second-order valence-electron chi connectivity index (χ2n) is 5.69. The van der Waals surface area contributed by atoms with Crippen molar-refractivity contribution in [2.24, 2.45) is 0 Å². The number of anilines is 1. The van der Waals surface area contributed by atoms with Gasteiger partial charge in [0.15, 0.2) is 0 Å². The van der Waals surface area contributed by atoms with Crippen molar-refractivity contribution in [3.63, 3.8) is 0 Å². The first-order valence-electron chi connectivity index (χ1n) is 8.26. The van der Waals surface area contributed by atoms with Crippen LogP contribution in [-0.4, -0.2) is 23.3 Å². The van der Waals surface area contributed by atoms with E-state index < -0.39 is 6.61 Å². The Morgan fingerprint density at radius 1 is 1.12 bits per heavy atom. The summed E-state index contributed by atoms with van der Waals surface area (Å²) >= 11 is 0. The van der Waals surface area contributed by atoms with Crippen LogP contribution < -0.4 is 9.64 Å². The van der Waals surface area contributed by atoms with Crippen molar-refractivity contribution in [3.05, 3.63) is 60.0 Å². The van der Waals surface area contributed by atoms with Crippen molar-refractivity contribution in [2.45, 2.75) is 27.0 Å². The van der Waals surface area contributed by atoms with Gasteiger partial charge in [0.05, 0.1) is 12.1 Å². The number of hydrogen-bond acceptors (Lipinski definition) is 5. The molecule has 136 valence electrons. The van der Waals surface area contributed by atoms with Gasteiger partial charge in [-0.1, -0.05) is 35.5 Å². The van der Waals surface area contributed by atoms with Crippen molar-refractivity contribution < 1.29 is 18.0 Å². The Bertz CT molecular complexity index is 867. The number of aromatic nitrogens is 2. The fourth-order valence-electron chi connectivity index (χ4n) is 2.73. The molecule has 0 unspecified atom stereocenters. The lowest BCUT2D eigenvalue weighted by Crippen LogP contribution is -2.23. The normalized spacial score (nSPS) is 11.0. The molecule has 0 aliphatic carbocycles. The Balaban J connectivity index is 1.83. The number of ether oxygens (including phenoxy) is 1. The van der Waals surface area contributed by atoms with Crippen LogP contribution in [0.2, 0.25) is 0 Å². The summed E-state index contributed by atoms with van der Waals surface area (Å²) < 4.78 is 35.0. The molecule has 1 heterocycles. The number of aryl methyl sites for hydroxylation is 1. The van der Waals surface area contributed by atoms with Gasteiger partial charge in [-0.15, -0.1) is 0 Å². The molecule has 0 N–H and O–H groups in total. The number of hydrogen-bond donors (Lipinski definition) is 0. The fraction of sp³-hybridized carbons (Fsp3) is 0.263. The van der Waals surface area contributed by atoms with Crippen LogP contribution in [0, 0.1) is 6.92 Å². The molecule has 1 aromatic heterocycles. The Labute approximate surface area is 150 Å². The summed E-state index contributed by atoms with van der Waals surface area (Å²) in [4.78, 5) is 6.45. The van der Waals surface area contributed by atoms with E-state index >= 15 is 0 Å². The molecule has 0 spiro atoms. The van der Waals surface area contributed by atoms with Crippen molar-refractivity contribution in [2.75, 3.05) is 11.4 Å². The standard InChI is InChI=1S/C19H19F2N3O2/c1-3-24(15-10-6-4-8-13(15)2)12-17-22-18(23-26-17)14-9-5-7-11-16(14)25-19(20)21/h4-11,19H,3,12H2,1-2H3. The van der Waals surface area contributed by atoms with Gasteiger partial charge in [0.1, 0.15) is 5.75 Å². The van der Waals surface area contributed by atoms with E-state index in [-0.39, 0.29) is 11.6 Å². The molecule has 0 saturated heterocycles. The van der Waals surface area contributed by atoms with Crippen LogP contribution in [0.25, 0.3) is 11.4 Å². The molecule has 0 amide bonds. The second kappa shape index (κ2) is 7.95. The Hall–Kier alpha value is -2.96. The van der Waals surface area contributed by atoms with Crippen molar-refractivity contribution in [1.29, 1.82) is 0 Å². The van der Waals surface area contributed by atoms with E-state index in [0.717, 1.165) is 17.8 Å². The van der Waals surface area contributed by atoms with E-state index in [1.165, 1.54) is 6.07 Å². The van der Waals surface area contributed by atoms with Crippen LogP contribution in [0.15, 0.2) is 53.1 Å². The van der Waals surface area contributed by atoms with Gasteiger partial charge in [-0.3, -0.25) is 0 Å². The smallest absolute Gasteiger partial charge is 0.387 e. The zero-order valence-electron chi connectivity index (χ0n) is 14.5. The highest BCUT2D eigenvalue weighted by atomic mass is 19.3. The zero-order valence-corrected chi connectivity index (χ0v) is 14.5. The lowest BCUT2D eigenvalue weighted by Gasteiger charge is -2.22. The maximum Gasteiger partial charge on any atom is 0.387 e. The highest BCUT2D eigenvalue weighted by Crippen LogP contribution is 2.29. The minimum Gasteiger partial charge on any atom is -0.434 e. The third-order valence-corrected chi connectivity index (χ3v) is 3.98. The molecule has 0 atom stereocenters. The summed E-state index contributed by atoms with van der Waals surface area (Å²) in [6, 6.07) is 14.4.